The van der Waals surface area contributed by atoms with Crippen LogP contribution in [0.3, 0.4) is 0 Å². The minimum atomic E-state index is -0.368. The summed E-state index contributed by atoms with van der Waals surface area (Å²) in [5.41, 5.74) is 3.36. The van der Waals surface area contributed by atoms with Gasteiger partial charge in [0.15, 0.2) is 11.6 Å². The lowest BCUT2D eigenvalue weighted by atomic mass is 10.1. The number of imidazole rings is 1. The number of pyridine rings is 1. The summed E-state index contributed by atoms with van der Waals surface area (Å²) >= 11 is 0. The minimum Gasteiger partial charge on any atom is -0.488 e. The molecule has 0 radical (unpaired) electrons. The van der Waals surface area contributed by atoms with Crippen LogP contribution in [-0.2, 0) is 0 Å². The molecular formula is C23H21N7O3. The van der Waals surface area contributed by atoms with Crippen molar-refractivity contribution in [3.8, 4) is 22.8 Å². The van der Waals surface area contributed by atoms with E-state index in [1.165, 1.54) is 19.2 Å². The Morgan fingerprint density at radius 2 is 2.12 bits per heavy atom. The van der Waals surface area contributed by atoms with E-state index in [1.54, 1.807) is 29.3 Å². The average Bonchev–Trinajstić information content (AvgIpc) is 3.42. The number of benzene rings is 1. The maximum Gasteiger partial charge on any atom is 0.274 e. The molecule has 2 aliphatic rings. The molecular weight excluding hydrogens is 422 g/mol. The maximum absolute atomic E-state index is 13.1. The highest BCUT2D eigenvalue weighted by Gasteiger charge is 2.27. The third kappa shape index (κ3) is 3.54. The Hall–Kier alpha value is -4.05. The van der Waals surface area contributed by atoms with E-state index in [0.717, 1.165) is 11.4 Å². The maximum atomic E-state index is 13.1. The highest BCUT2D eigenvalue weighted by Crippen LogP contribution is 2.40. The Morgan fingerprint density at radius 1 is 1.21 bits per heavy atom. The van der Waals surface area contributed by atoms with Crippen LogP contribution in [0.25, 0.3) is 17.1 Å². The van der Waals surface area contributed by atoms with Crippen molar-refractivity contribution >= 4 is 11.6 Å². The molecule has 3 aromatic heterocycles. The van der Waals surface area contributed by atoms with Gasteiger partial charge in [0.2, 0.25) is 0 Å². The summed E-state index contributed by atoms with van der Waals surface area (Å²) in [5.74, 6) is 1.25. The molecule has 10 nitrogen and oxygen atoms in total. The molecule has 2 N–H and O–H groups in total. The van der Waals surface area contributed by atoms with Gasteiger partial charge in [-0.1, -0.05) is 6.07 Å². The van der Waals surface area contributed by atoms with Crippen molar-refractivity contribution < 1.29 is 14.6 Å². The van der Waals surface area contributed by atoms with Crippen molar-refractivity contribution in [2.24, 2.45) is 0 Å². The van der Waals surface area contributed by atoms with Crippen LogP contribution >= 0.6 is 0 Å². The Labute approximate surface area is 188 Å². The van der Waals surface area contributed by atoms with Gasteiger partial charge in [0.1, 0.15) is 24.7 Å². The van der Waals surface area contributed by atoms with Gasteiger partial charge in [-0.15, -0.1) is 0 Å². The summed E-state index contributed by atoms with van der Waals surface area (Å²) in [6.45, 7) is 0.0594. The SMILES string of the molecule is O=C(Nc1cccc2c1OC[C@@H](CO)n1ncnc1-2)c1cc(-n2cnc(C3CC3)c2)ccn1. The van der Waals surface area contributed by atoms with E-state index >= 15 is 0 Å². The topological polar surface area (TPSA) is 120 Å². The number of anilines is 1. The number of nitrogens with zero attached hydrogens (tertiary/aromatic N) is 6. The molecule has 1 fully saturated rings. The monoisotopic (exact) mass is 443 g/mol. The Bertz CT molecular complexity index is 1340. The fraction of sp³-hybridized carbons (Fsp3) is 0.261. The van der Waals surface area contributed by atoms with Crippen LogP contribution in [-0.4, -0.2) is 53.5 Å². The van der Waals surface area contributed by atoms with Crippen molar-refractivity contribution in [3.63, 3.8) is 0 Å². The van der Waals surface area contributed by atoms with Gasteiger partial charge in [-0.3, -0.25) is 9.78 Å². The zero-order valence-corrected chi connectivity index (χ0v) is 17.6. The molecule has 1 saturated carbocycles. The van der Waals surface area contributed by atoms with E-state index in [-0.39, 0.29) is 30.9 Å². The molecule has 4 aromatic rings. The number of ether oxygens (including phenoxy) is 1. The number of carbonyl (C=O) groups excluding carboxylic acids is 1. The lowest BCUT2D eigenvalue weighted by Gasteiger charge is -2.15. The van der Waals surface area contributed by atoms with E-state index in [1.807, 2.05) is 29.0 Å². The second kappa shape index (κ2) is 7.82. The predicted molar refractivity (Wildman–Crippen MR) is 118 cm³/mol. The van der Waals surface area contributed by atoms with Crippen LogP contribution in [0, 0.1) is 0 Å². The first-order chi connectivity index (χ1) is 16.2. The molecule has 33 heavy (non-hydrogen) atoms. The number of aliphatic hydroxyl groups is 1. The number of amides is 1. The summed E-state index contributed by atoms with van der Waals surface area (Å²) in [6.07, 6.45) is 9.19. The molecule has 6 rings (SSSR count). The Morgan fingerprint density at radius 3 is 2.97 bits per heavy atom. The standard InChI is InChI=1S/C23H21N7O3/c31-10-16-11-33-21-17(22-25-12-27-30(16)22)2-1-3-18(21)28-23(32)19-8-15(6-7-24-19)29-9-20(26-13-29)14-4-5-14/h1-3,6-9,12-14,16,31H,4-5,10-11H2,(H,28,32)/t16-/m1/s1. The summed E-state index contributed by atoms with van der Waals surface area (Å²) < 4.78 is 9.53. The van der Waals surface area contributed by atoms with Crippen molar-refractivity contribution in [3.05, 3.63) is 66.8 Å². The van der Waals surface area contributed by atoms with E-state index in [0.29, 0.717) is 28.7 Å². The van der Waals surface area contributed by atoms with Crippen LogP contribution in [0.15, 0.2) is 55.4 Å². The third-order valence-electron chi connectivity index (χ3n) is 5.93. The lowest BCUT2D eigenvalue weighted by molar-refractivity contribution is 0.102. The van der Waals surface area contributed by atoms with Gasteiger partial charge < -0.3 is 19.7 Å². The summed E-state index contributed by atoms with van der Waals surface area (Å²) in [6, 6.07) is 8.63. The molecule has 1 atom stereocenters. The van der Waals surface area contributed by atoms with Gasteiger partial charge in [-0.25, -0.2) is 14.6 Å². The first kappa shape index (κ1) is 19.6. The smallest absolute Gasteiger partial charge is 0.274 e. The van der Waals surface area contributed by atoms with Gasteiger partial charge in [0.25, 0.3) is 5.91 Å². The van der Waals surface area contributed by atoms with Gasteiger partial charge >= 0.3 is 0 Å². The van der Waals surface area contributed by atoms with E-state index < -0.39 is 0 Å². The highest BCUT2D eigenvalue weighted by atomic mass is 16.5. The second-order valence-electron chi connectivity index (χ2n) is 8.19. The van der Waals surface area contributed by atoms with Crippen molar-refractivity contribution in [2.75, 3.05) is 18.5 Å². The number of carbonyl (C=O) groups is 1. The number of nitrogens with one attached hydrogen (secondary N) is 1. The quantitative estimate of drug-likeness (QED) is 0.486. The lowest BCUT2D eigenvalue weighted by Crippen LogP contribution is -2.21. The molecule has 4 heterocycles. The average molecular weight is 443 g/mol. The molecule has 0 spiro atoms. The minimum absolute atomic E-state index is 0.139. The van der Waals surface area contributed by atoms with Crippen LogP contribution in [0.4, 0.5) is 5.69 Å². The molecule has 0 saturated heterocycles. The Balaban J connectivity index is 1.29. The number of para-hydroxylation sites is 1. The van der Waals surface area contributed by atoms with Crippen LogP contribution in [0.1, 0.15) is 41.0 Å². The van der Waals surface area contributed by atoms with E-state index in [9.17, 15) is 9.90 Å². The van der Waals surface area contributed by atoms with Crippen LogP contribution in [0.5, 0.6) is 5.75 Å². The van der Waals surface area contributed by atoms with E-state index in [2.05, 4.69) is 25.4 Å². The van der Waals surface area contributed by atoms with Gasteiger partial charge in [-0.05, 0) is 37.1 Å². The third-order valence-corrected chi connectivity index (χ3v) is 5.93. The number of rotatable bonds is 5. The molecule has 1 aromatic carbocycles. The van der Waals surface area contributed by atoms with Crippen molar-refractivity contribution in [1.29, 1.82) is 0 Å². The number of fused-ring (bicyclic) bond motifs is 3. The zero-order valence-electron chi connectivity index (χ0n) is 17.6. The first-order valence-electron chi connectivity index (χ1n) is 10.8. The number of hydrogen-bond donors (Lipinski definition) is 2. The normalized spacial score (nSPS) is 16.9. The molecule has 1 aliphatic carbocycles. The van der Waals surface area contributed by atoms with Crippen molar-refractivity contribution in [1.82, 2.24) is 29.3 Å². The summed E-state index contributed by atoms with van der Waals surface area (Å²) in [5, 5.41) is 16.9. The molecule has 1 amide bonds. The predicted octanol–water partition coefficient (Wildman–Crippen LogP) is 2.58. The zero-order chi connectivity index (χ0) is 22.4. The van der Waals surface area contributed by atoms with Crippen molar-refractivity contribution in [2.45, 2.75) is 24.8 Å². The van der Waals surface area contributed by atoms with E-state index in [4.69, 9.17) is 4.74 Å². The number of aromatic nitrogens is 6. The second-order valence-corrected chi connectivity index (χ2v) is 8.19. The molecule has 1 aliphatic heterocycles. The molecule has 0 unspecified atom stereocenters. The van der Waals surface area contributed by atoms with Crippen LogP contribution < -0.4 is 10.1 Å². The number of aliphatic hydroxyl groups excluding tert-OH is 1. The fourth-order valence-corrected chi connectivity index (χ4v) is 4.02. The molecule has 166 valence electrons. The highest BCUT2D eigenvalue weighted by molar-refractivity contribution is 6.04. The van der Waals surface area contributed by atoms with Gasteiger partial charge in [0, 0.05) is 18.3 Å². The molecule has 10 heteroatoms. The van der Waals surface area contributed by atoms with Gasteiger partial charge in [-0.2, -0.15) is 5.10 Å². The van der Waals surface area contributed by atoms with Crippen LogP contribution in [0.2, 0.25) is 0 Å². The Kier molecular flexibility index (Phi) is 4.65. The largest absolute Gasteiger partial charge is 0.488 e. The first-order valence-corrected chi connectivity index (χ1v) is 10.8. The number of hydrogen-bond acceptors (Lipinski definition) is 7. The fourth-order valence-electron chi connectivity index (χ4n) is 4.02. The summed E-state index contributed by atoms with van der Waals surface area (Å²) in [4.78, 5) is 26.1. The summed E-state index contributed by atoms with van der Waals surface area (Å²) in [7, 11) is 0. The van der Waals surface area contributed by atoms with Gasteiger partial charge in [0.05, 0.1) is 35.6 Å². The molecule has 0 bridgehead atoms.